The zero-order valence-corrected chi connectivity index (χ0v) is 20.0. The fourth-order valence-corrected chi connectivity index (χ4v) is 2.92. The van der Waals surface area contributed by atoms with Crippen LogP contribution in [-0.2, 0) is 16.0 Å². The zero-order valence-electron chi connectivity index (χ0n) is 19.2. The van der Waals surface area contributed by atoms with E-state index in [0.717, 1.165) is 37.4 Å². The van der Waals surface area contributed by atoms with Gasteiger partial charge in [-0.1, -0.05) is 17.7 Å². The highest BCUT2D eigenvalue weighted by atomic mass is 35.5. The Morgan fingerprint density at radius 3 is 2.35 bits per heavy atom. The number of carboxylic acid groups (broad SMARTS) is 2. The summed E-state index contributed by atoms with van der Waals surface area (Å²) in [7, 11) is 5.35. The van der Waals surface area contributed by atoms with E-state index < -0.39 is 11.9 Å². The molecule has 11 nitrogen and oxygen atoms in total. The van der Waals surface area contributed by atoms with E-state index in [4.69, 9.17) is 31.3 Å². The lowest BCUT2D eigenvalue weighted by molar-refractivity contribution is -0.134. The quantitative estimate of drug-likeness (QED) is 0.253. The maximum absolute atomic E-state index is 11.6. The predicted molar refractivity (Wildman–Crippen MR) is 128 cm³/mol. The molecule has 0 aliphatic rings. The van der Waals surface area contributed by atoms with Crippen LogP contribution in [0, 0.1) is 0 Å². The van der Waals surface area contributed by atoms with Crippen LogP contribution >= 0.6 is 11.6 Å². The number of hydrogen-bond donors (Lipinski definition) is 4. The van der Waals surface area contributed by atoms with Gasteiger partial charge in [0.1, 0.15) is 5.69 Å². The number of halogens is 1. The Morgan fingerprint density at radius 2 is 1.79 bits per heavy atom. The molecule has 2 aromatic rings. The Labute approximate surface area is 202 Å². The number of nitrogens with one attached hydrogen (secondary N) is 2. The van der Waals surface area contributed by atoms with Crippen molar-refractivity contribution in [2.24, 2.45) is 0 Å². The average molecular weight is 497 g/mol. The third-order valence-corrected chi connectivity index (χ3v) is 4.71. The van der Waals surface area contributed by atoms with Crippen molar-refractivity contribution in [2.45, 2.75) is 12.8 Å². The van der Waals surface area contributed by atoms with E-state index in [9.17, 15) is 14.4 Å². The molecule has 0 spiro atoms. The molecule has 0 bridgehead atoms. The Hall–Kier alpha value is -3.57. The number of carbonyl (C=O) groups is 2. The van der Waals surface area contributed by atoms with Crippen molar-refractivity contribution < 1.29 is 29.3 Å². The number of rotatable bonds is 12. The fourth-order valence-electron chi connectivity index (χ4n) is 2.71. The minimum atomic E-state index is -1.26. The summed E-state index contributed by atoms with van der Waals surface area (Å²) in [6.07, 6.45) is 4.34. The predicted octanol–water partition coefficient (Wildman–Crippen LogP) is 2.13. The number of anilines is 1. The second-order valence-corrected chi connectivity index (χ2v) is 7.36. The summed E-state index contributed by atoms with van der Waals surface area (Å²) in [4.78, 5) is 33.0. The summed E-state index contributed by atoms with van der Waals surface area (Å²) in [6, 6.07) is 5.98. The van der Waals surface area contributed by atoms with Gasteiger partial charge in [-0.05, 0) is 44.1 Å². The molecule has 186 valence electrons. The molecule has 12 heteroatoms. The SMILES string of the molecule is COc1ccc(CCN(C)CCCNc2c(Cl)cn[nH]c2=O)cc1OC.O=C(O)C=CC(=O)O. The fraction of sp³-hybridized carbons (Fsp3) is 0.364. The minimum Gasteiger partial charge on any atom is -0.493 e. The Balaban J connectivity index is 0.000000620. The van der Waals surface area contributed by atoms with E-state index in [-0.39, 0.29) is 5.56 Å². The molecule has 0 unspecified atom stereocenters. The lowest BCUT2D eigenvalue weighted by Gasteiger charge is -2.17. The molecule has 0 radical (unpaired) electrons. The van der Waals surface area contributed by atoms with Crippen LogP contribution < -0.4 is 20.3 Å². The molecule has 0 aliphatic heterocycles. The van der Waals surface area contributed by atoms with E-state index in [2.05, 4.69) is 33.5 Å². The van der Waals surface area contributed by atoms with Gasteiger partial charge >= 0.3 is 11.9 Å². The maximum Gasteiger partial charge on any atom is 0.328 e. The molecule has 0 atom stereocenters. The third-order valence-electron chi connectivity index (χ3n) is 4.43. The van der Waals surface area contributed by atoms with Crippen LogP contribution in [0.25, 0.3) is 0 Å². The Morgan fingerprint density at radius 1 is 1.15 bits per heavy atom. The number of aromatic amines is 1. The zero-order chi connectivity index (χ0) is 25.5. The molecule has 0 saturated heterocycles. The standard InChI is InChI=1S/C18H25ClN4O3.C4H4O4/c1-23(9-4-8-20-17-14(19)12-21-22-18(17)24)10-7-13-5-6-15(25-2)16(11-13)26-3;5-3(6)1-2-4(7)8/h5-6,11-12H,4,7-10H2,1-3H3,(H,20,21)(H,22,24);1-2H,(H,5,6)(H,7,8). The van der Waals surface area contributed by atoms with Crippen LogP contribution in [0.2, 0.25) is 5.02 Å². The van der Waals surface area contributed by atoms with Crippen molar-refractivity contribution in [2.75, 3.05) is 46.2 Å². The molecule has 0 fully saturated rings. The summed E-state index contributed by atoms with van der Waals surface area (Å²) in [5.74, 6) is -1.03. The topological polar surface area (TPSA) is 154 Å². The van der Waals surface area contributed by atoms with Crippen LogP contribution in [0.4, 0.5) is 5.69 Å². The lowest BCUT2D eigenvalue weighted by Crippen LogP contribution is -2.25. The van der Waals surface area contributed by atoms with Gasteiger partial charge in [0.15, 0.2) is 11.5 Å². The first kappa shape index (κ1) is 28.5. The molecule has 1 heterocycles. The molecule has 0 saturated carbocycles. The third kappa shape index (κ3) is 10.8. The first-order valence-corrected chi connectivity index (χ1v) is 10.6. The maximum atomic E-state index is 11.6. The molecule has 34 heavy (non-hydrogen) atoms. The van der Waals surface area contributed by atoms with Crippen molar-refractivity contribution in [1.29, 1.82) is 0 Å². The molecule has 0 aliphatic carbocycles. The normalized spacial score (nSPS) is 10.5. The molecule has 1 aromatic heterocycles. The largest absolute Gasteiger partial charge is 0.493 e. The first-order chi connectivity index (χ1) is 16.2. The lowest BCUT2D eigenvalue weighted by atomic mass is 10.1. The Bertz CT molecular complexity index is 1010. The van der Waals surface area contributed by atoms with E-state index in [1.165, 1.54) is 11.8 Å². The van der Waals surface area contributed by atoms with E-state index in [0.29, 0.717) is 29.4 Å². The summed E-state index contributed by atoms with van der Waals surface area (Å²) in [5.41, 5.74) is 1.26. The van der Waals surface area contributed by atoms with Gasteiger partial charge in [-0.25, -0.2) is 14.7 Å². The molecular formula is C22H29ClN4O7. The van der Waals surface area contributed by atoms with E-state index >= 15 is 0 Å². The van der Waals surface area contributed by atoms with Crippen molar-refractivity contribution in [3.05, 3.63) is 57.5 Å². The molecule has 2 rings (SSSR count). The molecular weight excluding hydrogens is 468 g/mol. The number of likely N-dealkylation sites (N-methyl/N-ethyl adjacent to an activating group) is 1. The van der Waals surface area contributed by atoms with Crippen LogP contribution in [0.3, 0.4) is 0 Å². The minimum absolute atomic E-state index is 0.306. The molecule has 4 N–H and O–H groups in total. The van der Waals surface area contributed by atoms with Gasteiger partial charge in [0.05, 0.1) is 25.4 Å². The van der Waals surface area contributed by atoms with E-state index in [1.807, 2.05) is 12.1 Å². The van der Waals surface area contributed by atoms with Crippen molar-refractivity contribution in [3.8, 4) is 11.5 Å². The van der Waals surface area contributed by atoms with Gasteiger partial charge in [-0.3, -0.25) is 4.79 Å². The van der Waals surface area contributed by atoms with Crippen LogP contribution in [0.5, 0.6) is 11.5 Å². The van der Waals surface area contributed by atoms with Crippen molar-refractivity contribution in [1.82, 2.24) is 15.1 Å². The second kappa shape index (κ2) is 15.3. The number of benzene rings is 1. The number of methoxy groups -OCH3 is 2. The Kier molecular flexibility index (Phi) is 12.8. The number of aliphatic carboxylic acids is 2. The highest BCUT2D eigenvalue weighted by Crippen LogP contribution is 2.27. The number of carboxylic acids is 2. The number of nitrogens with zero attached hydrogens (tertiary/aromatic N) is 2. The summed E-state index contributed by atoms with van der Waals surface area (Å²) >= 11 is 5.96. The highest BCUT2D eigenvalue weighted by molar-refractivity contribution is 6.32. The summed E-state index contributed by atoms with van der Waals surface area (Å²) in [5, 5.41) is 25.0. The number of ether oxygens (including phenoxy) is 2. The summed E-state index contributed by atoms with van der Waals surface area (Å²) < 4.78 is 10.6. The van der Waals surface area contributed by atoms with Gasteiger partial charge in [-0.15, -0.1) is 0 Å². The van der Waals surface area contributed by atoms with Crippen molar-refractivity contribution >= 4 is 29.2 Å². The average Bonchev–Trinajstić information content (AvgIpc) is 2.80. The monoisotopic (exact) mass is 496 g/mol. The van der Waals surface area contributed by atoms with Gasteiger partial charge in [0, 0.05) is 25.2 Å². The van der Waals surface area contributed by atoms with Gasteiger partial charge in [-0.2, -0.15) is 5.10 Å². The number of aromatic nitrogens is 2. The molecule has 1 aromatic carbocycles. The smallest absolute Gasteiger partial charge is 0.328 e. The molecule has 0 amide bonds. The highest BCUT2D eigenvalue weighted by Gasteiger charge is 2.07. The van der Waals surface area contributed by atoms with Gasteiger partial charge in [0.2, 0.25) is 0 Å². The van der Waals surface area contributed by atoms with Gasteiger partial charge < -0.3 is 29.9 Å². The summed E-state index contributed by atoms with van der Waals surface area (Å²) in [6.45, 7) is 2.49. The van der Waals surface area contributed by atoms with E-state index in [1.54, 1.807) is 14.2 Å². The first-order valence-electron chi connectivity index (χ1n) is 10.2. The van der Waals surface area contributed by atoms with Crippen LogP contribution in [0.15, 0.2) is 41.3 Å². The van der Waals surface area contributed by atoms with Crippen LogP contribution in [0.1, 0.15) is 12.0 Å². The van der Waals surface area contributed by atoms with Gasteiger partial charge in [0.25, 0.3) is 5.56 Å². The van der Waals surface area contributed by atoms with Crippen molar-refractivity contribution in [3.63, 3.8) is 0 Å². The number of H-pyrrole nitrogens is 1. The van der Waals surface area contributed by atoms with Crippen LogP contribution in [-0.4, -0.2) is 78.2 Å². The second-order valence-electron chi connectivity index (χ2n) is 6.95. The number of hydrogen-bond acceptors (Lipinski definition) is 8.